The molecule has 1 amide bonds. The molecule has 2 aromatic rings. The maximum absolute atomic E-state index is 12.5. The van der Waals surface area contributed by atoms with E-state index in [-0.39, 0.29) is 12.5 Å². The number of carboxylic acids is 1. The number of hydrogen-bond donors (Lipinski definition) is 2. The summed E-state index contributed by atoms with van der Waals surface area (Å²) < 4.78 is 1.80. The number of aromatic nitrogens is 2. The molecule has 134 valence electrons. The molecule has 0 aliphatic carbocycles. The zero-order chi connectivity index (χ0) is 18.6. The summed E-state index contributed by atoms with van der Waals surface area (Å²) >= 11 is 0. The second kappa shape index (κ2) is 7.51. The van der Waals surface area contributed by atoms with Crippen molar-refractivity contribution in [1.82, 2.24) is 15.1 Å². The van der Waals surface area contributed by atoms with Crippen LogP contribution in [0.15, 0.2) is 36.5 Å². The van der Waals surface area contributed by atoms with E-state index in [4.69, 9.17) is 0 Å². The molecule has 0 spiro atoms. The monoisotopic (exact) mass is 343 g/mol. The average molecular weight is 343 g/mol. The molecule has 0 aliphatic heterocycles. The van der Waals surface area contributed by atoms with Crippen molar-refractivity contribution in [3.63, 3.8) is 0 Å². The largest absolute Gasteiger partial charge is 0.481 e. The van der Waals surface area contributed by atoms with E-state index in [9.17, 15) is 14.7 Å². The van der Waals surface area contributed by atoms with Crippen LogP contribution in [0.1, 0.15) is 42.4 Å². The number of amides is 1. The molecule has 6 nitrogen and oxygen atoms in total. The van der Waals surface area contributed by atoms with E-state index in [1.54, 1.807) is 35.9 Å². The number of aliphatic carboxylic acids is 1. The molecule has 1 unspecified atom stereocenters. The normalized spacial score (nSPS) is 13.5. The SMILES string of the molecule is Cc1c(C(=O)NCC(C)(C(=O)O)c2ccccc2)cnn1CC(C)C. The number of rotatable bonds is 7. The standard InChI is InChI=1S/C19H25N3O3/c1-13(2)11-22-14(3)16(10-21-22)17(23)20-12-19(4,18(24)25)15-8-6-5-7-9-15/h5-10,13H,11-12H2,1-4H3,(H,20,23)(H,24,25). The first kappa shape index (κ1) is 18.7. The summed E-state index contributed by atoms with van der Waals surface area (Å²) in [5, 5.41) is 16.7. The molecule has 1 heterocycles. The molecule has 0 bridgehead atoms. The topological polar surface area (TPSA) is 84.2 Å². The highest BCUT2D eigenvalue weighted by Crippen LogP contribution is 2.23. The van der Waals surface area contributed by atoms with Crippen LogP contribution in [0.3, 0.4) is 0 Å². The first-order valence-electron chi connectivity index (χ1n) is 8.35. The molecule has 6 heteroatoms. The summed E-state index contributed by atoms with van der Waals surface area (Å²) in [6.45, 7) is 8.35. The summed E-state index contributed by atoms with van der Waals surface area (Å²) in [5.41, 5.74) is 0.707. The fraction of sp³-hybridized carbons (Fsp3) is 0.421. The number of nitrogens with one attached hydrogen (secondary N) is 1. The van der Waals surface area contributed by atoms with Gasteiger partial charge in [-0.05, 0) is 25.3 Å². The molecule has 25 heavy (non-hydrogen) atoms. The Morgan fingerprint density at radius 1 is 1.28 bits per heavy atom. The quantitative estimate of drug-likeness (QED) is 0.809. The van der Waals surface area contributed by atoms with Gasteiger partial charge in [0.05, 0.1) is 11.8 Å². The second-order valence-electron chi connectivity index (χ2n) is 6.91. The van der Waals surface area contributed by atoms with Gasteiger partial charge in [0.25, 0.3) is 5.91 Å². The molecule has 0 saturated carbocycles. The van der Waals surface area contributed by atoms with Crippen molar-refractivity contribution in [2.24, 2.45) is 5.92 Å². The lowest BCUT2D eigenvalue weighted by molar-refractivity contribution is -0.142. The number of carbonyl (C=O) groups is 2. The van der Waals surface area contributed by atoms with E-state index >= 15 is 0 Å². The van der Waals surface area contributed by atoms with Gasteiger partial charge in [-0.25, -0.2) is 0 Å². The maximum Gasteiger partial charge on any atom is 0.315 e. The maximum atomic E-state index is 12.5. The summed E-state index contributed by atoms with van der Waals surface area (Å²) in [6.07, 6.45) is 1.54. The Morgan fingerprint density at radius 2 is 1.92 bits per heavy atom. The summed E-state index contributed by atoms with van der Waals surface area (Å²) in [5.74, 6) is -0.870. The summed E-state index contributed by atoms with van der Waals surface area (Å²) in [6, 6.07) is 8.92. The highest BCUT2D eigenvalue weighted by Gasteiger charge is 2.35. The van der Waals surface area contributed by atoms with E-state index < -0.39 is 11.4 Å². The van der Waals surface area contributed by atoms with Crippen LogP contribution in [0, 0.1) is 12.8 Å². The Balaban J connectivity index is 2.15. The van der Waals surface area contributed by atoms with Crippen LogP contribution in [-0.2, 0) is 16.8 Å². The van der Waals surface area contributed by atoms with Gasteiger partial charge in [0.1, 0.15) is 5.41 Å². The minimum atomic E-state index is -1.20. The van der Waals surface area contributed by atoms with Crippen molar-refractivity contribution in [2.45, 2.75) is 39.7 Å². The Kier molecular flexibility index (Phi) is 5.62. The van der Waals surface area contributed by atoms with Crippen LogP contribution in [0.25, 0.3) is 0 Å². The smallest absolute Gasteiger partial charge is 0.315 e. The number of benzene rings is 1. The average Bonchev–Trinajstić information content (AvgIpc) is 2.93. The molecule has 1 aromatic carbocycles. The molecule has 0 fully saturated rings. The van der Waals surface area contributed by atoms with Crippen molar-refractivity contribution in [3.05, 3.63) is 53.3 Å². The zero-order valence-electron chi connectivity index (χ0n) is 15.1. The van der Waals surface area contributed by atoms with Gasteiger partial charge in [-0.3, -0.25) is 14.3 Å². The number of hydrogen-bond acceptors (Lipinski definition) is 3. The molecule has 1 aromatic heterocycles. The van der Waals surface area contributed by atoms with Crippen molar-refractivity contribution in [1.29, 1.82) is 0 Å². The minimum absolute atomic E-state index is 0.0000193. The third-order valence-corrected chi connectivity index (χ3v) is 4.37. The van der Waals surface area contributed by atoms with Crippen molar-refractivity contribution in [2.75, 3.05) is 6.54 Å². The Morgan fingerprint density at radius 3 is 2.48 bits per heavy atom. The molecule has 1 atom stereocenters. The molecule has 0 saturated heterocycles. The second-order valence-corrected chi connectivity index (χ2v) is 6.91. The van der Waals surface area contributed by atoms with Gasteiger partial charge >= 0.3 is 5.97 Å². The first-order chi connectivity index (χ1) is 11.8. The van der Waals surface area contributed by atoms with E-state index in [1.165, 1.54) is 6.20 Å². The first-order valence-corrected chi connectivity index (χ1v) is 8.35. The Hall–Kier alpha value is -2.63. The van der Waals surface area contributed by atoms with Crippen LogP contribution >= 0.6 is 0 Å². The van der Waals surface area contributed by atoms with Crippen molar-refractivity contribution >= 4 is 11.9 Å². The molecule has 0 aliphatic rings. The highest BCUT2D eigenvalue weighted by molar-refractivity contribution is 5.95. The lowest BCUT2D eigenvalue weighted by Crippen LogP contribution is -2.44. The van der Waals surface area contributed by atoms with E-state index in [0.717, 1.165) is 12.2 Å². The predicted octanol–water partition coefficient (Wildman–Crippen LogP) is 2.62. The van der Waals surface area contributed by atoms with Gasteiger partial charge in [-0.2, -0.15) is 5.10 Å². The van der Waals surface area contributed by atoms with E-state index in [1.807, 2.05) is 13.0 Å². The fourth-order valence-corrected chi connectivity index (χ4v) is 2.66. The number of carboxylic acid groups (broad SMARTS) is 1. The third kappa shape index (κ3) is 4.07. The molecular weight excluding hydrogens is 318 g/mol. The number of carbonyl (C=O) groups excluding carboxylic acids is 1. The van der Waals surface area contributed by atoms with Gasteiger partial charge in [-0.15, -0.1) is 0 Å². The van der Waals surface area contributed by atoms with Crippen LogP contribution in [-0.4, -0.2) is 33.3 Å². The predicted molar refractivity (Wildman–Crippen MR) is 95.6 cm³/mol. The van der Waals surface area contributed by atoms with Gasteiger partial charge < -0.3 is 10.4 Å². The Bertz CT molecular complexity index is 753. The van der Waals surface area contributed by atoms with Crippen LogP contribution < -0.4 is 5.32 Å². The molecule has 2 rings (SSSR count). The molecule has 2 N–H and O–H groups in total. The molecular formula is C19H25N3O3. The third-order valence-electron chi connectivity index (χ3n) is 4.37. The van der Waals surface area contributed by atoms with Crippen LogP contribution in [0.4, 0.5) is 0 Å². The van der Waals surface area contributed by atoms with Crippen LogP contribution in [0.5, 0.6) is 0 Å². The summed E-state index contributed by atoms with van der Waals surface area (Å²) in [4.78, 5) is 24.3. The summed E-state index contributed by atoms with van der Waals surface area (Å²) in [7, 11) is 0. The fourth-order valence-electron chi connectivity index (χ4n) is 2.66. The van der Waals surface area contributed by atoms with Crippen molar-refractivity contribution in [3.8, 4) is 0 Å². The van der Waals surface area contributed by atoms with Gasteiger partial charge in [0, 0.05) is 18.8 Å². The van der Waals surface area contributed by atoms with Crippen LogP contribution in [0.2, 0.25) is 0 Å². The lowest BCUT2D eigenvalue weighted by atomic mass is 9.82. The zero-order valence-corrected chi connectivity index (χ0v) is 15.1. The van der Waals surface area contributed by atoms with Gasteiger partial charge in [0.15, 0.2) is 0 Å². The lowest BCUT2D eigenvalue weighted by Gasteiger charge is -2.25. The van der Waals surface area contributed by atoms with E-state index in [2.05, 4.69) is 24.3 Å². The number of nitrogens with zero attached hydrogens (tertiary/aromatic N) is 2. The van der Waals surface area contributed by atoms with Gasteiger partial charge in [0.2, 0.25) is 0 Å². The van der Waals surface area contributed by atoms with E-state index in [0.29, 0.717) is 17.0 Å². The Labute approximate surface area is 147 Å². The molecule has 0 radical (unpaired) electrons. The highest BCUT2D eigenvalue weighted by atomic mass is 16.4. The van der Waals surface area contributed by atoms with Crippen molar-refractivity contribution < 1.29 is 14.7 Å². The van der Waals surface area contributed by atoms with Gasteiger partial charge in [-0.1, -0.05) is 44.2 Å². The minimum Gasteiger partial charge on any atom is -0.481 e.